The van der Waals surface area contributed by atoms with Gasteiger partial charge in [-0.1, -0.05) is 29.8 Å². The summed E-state index contributed by atoms with van der Waals surface area (Å²) in [5.41, 5.74) is -0.531. The Hall–Kier alpha value is -3.44. The van der Waals surface area contributed by atoms with Crippen molar-refractivity contribution < 1.29 is 32.3 Å². The summed E-state index contributed by atoms with van der Waals surface area (Å²) >= 11 is 6.09. The Labute approximate surface area is 240 Å². The van der Waals surface area contributed by atoms with Crippen LogP contribution in [0.5, 0.6) is 0 Å². The molecule has 5 aromatic rings. The molecule has 38 heavy (non-hydrogen) atoms. The summed E-state index contributed by atoms with van der Waals surface area (Å²) < 4.78 is 47.7. The number of rotatable bonds is 4. The van der Waals surface area contributed by atoms with Crippen molar-refractivity contribution in [1.29, 1.82) is 0 Å². The average Bonchev–Trinajstić information content (AvgIpc) is 3.46. The number of carboxylic acids is 1. The number of hydrogen-bond donors (Lipinski definition) is 1. The summed E-state index contributed by atoms with van der Waals surface area (Å²) in [7, 11) is 0. The number of alkyl halides is 3. The van der Waals surface area contributed by atoms with Crippen molar-refractivity contribution in [3.05, 3.63) is 94.3 Å². The molecule has 0 radical (unpaired) electrons. The number of carbonyl (C=O) groups excluding carboxylic acids is 1. The molecule has 7 nitrogen and oxygen atoms in total. The van der Waals surface area contributed by atoms with E-state index in [1.165, 1.54) is 42.6 Å². The van der Waals surface area contributed by atoms with Gasteiger partial charge in [0.25, 0.3) is 5.91 Å². The maximum absolute atomic E-state index is 13.8. The molecule has 0 saturated carbocycles. The van der Waals surface area contributed by atoms with E-state index in [1.807, 2.05) is 0 Å². The summed E-state index contributed by atoms with van der Waals surface area (Å²) in [5, 5.41) is 13.6. The number of nitrogens with zero attached hydrogens (tertiary/aromatic N) is 3. The molecule has 1 N–H and O–H groups in total. The quantitative estimate of drug-likeness (QED) is 0.273. The van der Waals surface area contributed by atoms with E-state index in [2.05, 4.69) is 10.1 Å². The normalized spacial score (nSPS) is 11.4. The topological polar surface area (TPSA) is 98.2 Å². The fraction of sp³-hybridized carbons (Fsp3) is 0.0769. The molecule has 188 valence electrons. The fourth-order valence-electron chi connectivity index (χ4n) is 3.96. The van der Waals surface area contributed by atoms with Crippen molar-refractivity contribution in [2.75, 3.05) is 0 Å². The van der Waals surface area contributed by atoms with Crippen LogP contribution in [0.4, 0.5) is 13.2 Å². The third-order valence-corrected chi connectivity index (χ3v) is 5.99. The number of aromatic nitrogens is 3. The molecule has 0 spiro atoms. The van der Waals surface area contributed by atoms with Crippen LogP contribution in [0.15, 0.2) is 71.3 Å². The van der Waals surface area contributed by atoms with Crippen LogP contribution in [0.2, 0.25) is 5.02 Å². The van der Waals surface area contributed by atoms with Crippen molar-refractivity contribution in [1.82, 2.24) is 14.8 Å². The molecule has 0 atom stereocenters. The molecule has 0 unspecified atom stereocenters. The first-order valence-corrected chi connectivity index (χ1v) is 11.1. The number of oxazole rings is 1. The van der Waals surface area contributed by atoms with Gasteiger partial charge in [0.15, 0.2) is 0 Å². The molecule has 2 heterocycles. The Morgan fingerprint density at radius 3 is 2.32 bits per heavy atom. The molecule has 0 fully saturated rings. The SMILES string of the molecule is Cc1cnc(-c2ccc3c(-c4ccc(C(=O)O)cc4)nn(C(=O)c4c(Cl)cccc4C(F)(F)F)c3c2)o1.[NaH]. The van der Waals surface area contributed by atoms with Gasteiger partial charge in [-0.05, 0) is 49.4 Å². The van der Waals surface area contributed by atoms with Gasteiger partial charge in [-0.2, -0.15) is 23.0 Å². The predicted octanol–water partition coefficient (Wildman–Crippen LogP) is 6.08. The molecule has 0 bridgehead atoms. The van der Waals surface area contributed by atoms with Gasteiger partial charge >= 0.3 is 41.7 Å². The molecule has 3 aromatic carbocycles. The third kappa shape index (κ3) is 5.00. The van der Waals surface area contributed by atoms with E-state index in [9.17, 15) is 27.9 Å². The monoisotopic (exact) mass is 549 g/mol. The van der Waals surface area contributed by atoms with Crippen molar-refractivity contribution in [3.8, 4) is 22.7 Å². The van der Waals surface area contributed by atoms with E-state index in [1.54, 1.807) is 19.1 Å². The van der Waals surface area contributed by atoms with E-state index in [-0.39, 0.29) is 57.2 Å². The van der Waals surface area contributed by atoms with Crippen LogP contribution in [-0.2, 0) is 6.18 Å². The first-order valence-electron chi connectivity index (χ1n) is 10.7. The predicted molar refractivity (Wildman–Crippen MR) is 136 cm³/mol. The molecular weight excluding hydrogens is 534 g/mol. The minimum atomic E-state index is -4.84. The van der Waals surface area contributed by atoms with E-state index in [0.717, 1.165) is 16.8 Å². The maximum atomic E-state index is 13.8. The second kappa shape index (κ2) is 10.4. The van der Waals surface area contributed by atoms with Crippen molar-refractivity contribution in [2.45, 2.75) is 13.1 Å². The van der Waals surface area contributed by atoms with Crippen LogP contribution in [0.25, 0.3) is 33.6 Å². The second-order valence-electron chi connectivity index (χ2n) is 8.12. The van der Waals surface area contributed by atoms with Gasteiger partial charge in [0.1, 0.15) is 11.5 Å². The Morgan fingerprint density at radius 1 is 1.03 bits per heavy atom. The molecular formula is C26H16ClF3N3NaO4. The fourth-order valence-corrected chi connectivity index (χ4v) is 4.21. The van der Waals surface area contributed by atoms with Gasteiger partial charge in [0.2, 0.25) is 5.89 Å². The van der Waals surface area contributed by atoms with Gasteiger partial charge in [-0.3, -0.25) is 4.79 Å². The Kier molecular flexibility index (Phi) is 7.53. The summed E-state index contributed by atoms with van der Waals surface area (Å²) in [6, 6.07) is 13.7. The summed E-state index contributed by atoms with van der Waals surface area (Å²) in [4.78, 5) is 29.0. The zero-order chi connectivity index (χ0) is 26.5. The summed E-state index contributed by atoms with van der Waals surface area (Å²) in [5.74, 6) is -1.41. The molecule has 0 aliphatic carbocycles. The van der Waals surface area contributed by atoms with Crippen LogP contribution in [0.3, 0.4) is 0 Å². The average molecular weight is 550 g/mol. The number of halogens is 4. The number of fused-ring (bicyclic) bond motifs is 1. The van der Waals surface area contributed by atoms with Gasteiger partial charge in [0, 0.05) is 16.5 Å². The molecule has 0 amide bonds. The second-order valence-corrected chi connectivity index (χ2v) is 8.52. The number of carboxylic acid groups (broad SMARTS) is 1. The van der Waals surface area contributed by atoms with Crippen molar-refractivity contribution >= 4 is 63.9 Å². The summed E-state index contributed by atoms with van der Waals surface area (Å²) in [6.07, 6.45) is -3.33. The Morgan fingerprint density at radius 2 is 1.71 bits per heavy atom. The van der Waals surface area contributed by atoms with Crippen LogP contribution in [0, 0.1) is 6.92 Å². The van der Waals surface area contributed by atoms with Crippen LogP contribution >= 0.6 is 11.6 Å². The van der Waals surface area contributed by atoms with Crippen LogP contribution in [0.1, 0.15) is 32.0 Å². The zero-order valence-corrected chi connectivity index (χ0v) is 19.6. The van der Waals surface area contributed by atoms with E-state index < -0.39 is 29.2 Å². The first kappa shape index (κ1) is 27.6. The number of benzene rings is 3. The number of hydrogen-bond acceptors (Lipinski definition) is 5. The number of aromatic carboxylic acids is 1. The van der Waals surface area contributed by atoms with Crippen LogP contribution < -0.4 is 0 Å². The zero-order valence-electron chi connectivity index (χ0n) is 18.9. The molecule has 0 aliphatic heterocycles. The minimum absolute atomic E-state index is 0. The molecule has 0 saturated heterocycles. The van der Waals surface area contributed by atoms with E-state index in [4.69, 9.17) is 16.0 Å². The van der Waals surface area contributed by atoms with Gasteiger partial charge in [0.05, 0.1) is 33.4 Å². The molecule has 5 rings (SSSR count). The molecule has 2 aromatic heterocycles. The Bertz CT molecular complexity index is 1690. The van der Waals surface area contributed by atoms with Gasteiger partial charge < -0.3 is 9.52 Å². The molecule has 0 aliphatic rings. The van der Waals surface area contributed by atoms with Gasteiger partial charge in [-0.15, -0.1) is 0 Å². The third-order valence-electron chi connectivity index (χ3n) is 5.68. The number of carbonyl (C=O) groups is 2. The Balaban J connectivity index is 0.00000336. The van der Waals surface area contributed by atoms with Crippen molar-refractivity contribution in [2.24, 2.45) is 0 Å². The number of aryl methyl sites for hydroxylation is 1. The van der Waals surface area contributed by atoms with E-state index in [0.29, 0.717) is 22.3 Å². The van der Waals surface area contributed by atoms with Crippen molar-refractivity contribution in [3.63, 3.8) is 0 Å². The van der Waals surface area contributed by atoms with Gasteiger partial charge in [-0.25, -0.2) is 9.78 Å². The standard InChI is InChI=1S/C26H15ClF3N3O4.Na.H/c1-13-12-31-23(37-13)16-9-10-17-20(11-16)33(32-22(17)14-5-7-15(8-6-14)25(35)36)24(34)21-18(26(28,29)30)3-2-4-19(21)27;;/h2-12H,1H3,(H,35,36);;. The summed E-state index contributed by atoms with van der Waals surface area (Å²) in [6.45, 7) is 1.71. The first-order chi connectivity index (χ1) is 17.5. The van der Waals surface area contributed by atoms with E-state index >= 15 is 0 Å². The molecule has 12 heteroatoms. The van der Waals surface area contributed by atoms with Crippen LogP contribution in [-0.4, -0.2) is 61.3 Å².